The maximum absolute atomic E-state index is 12.0. The van der Waals surface area contributed by atoms with E-state index in [4.69, 9.17) is 4.74 Å². The predicted octanol–water partition coefficient (Wildman–Crippen LogP) is 3.74. The fraction of sp³-hybridized carbons (Fsp3) is 0.667. The van der Waals surface area contributed by atoms with Gasteiger partial charge in [-0.25, -0.2) is 0 Å². The van der Waals surface area contributed by atoms with Crippen molar-refractivity contribution in [3.63, 3.8) is 0 Å². The third-order valence-electron chi connectivity index (χ3n) is 4.86. The molecule has 0 aliphatic carbocycles. The highest BCUT2D eigenvalue weighted by atomic mass is 16.5. The molecule has 1 fully saturated rings. The average molecular weight is 347 g/mol. The fourth-order valence-corrected chi connectivity index (χ4v) is 3.46. The summed E-state index contributed by atoms with van der Waals surface area (Å²) in [7, 11) is 0. The number of benzene rings is 1. The van der Waals surface area contributed by atoms with Crippen molar-refractivity contribution in [2.24, 2.45) is 5.92 Å². The zero-order valence-electron chi connectivity index (χ0n) is 16.3. The Morgan fingerprint density at radius 2 is 2.20 bits per heavy atom. The normalized spacial score (nSPS) is 18.4. The van der Waals surface area contributed by atoms with Crippen LogP contribution in [-0.2, 0) is 4.79 Å². The Labute approximate surface area is 152 Å². The molecule has 1 aliphatic heterocycles. The molecule has 0 aromatic heterocycles. The number of nitrogens with one attached hydrogen (secondary N) is 1. The lowest BCUT2D eigenvalue weighted by Crippen LogP contribution is -2.37. The monoisotopic (exact) mass is 346 g/mol. The van der Waals surface area contributed by atoms with Crippen LogP contribution in [0.3, 0.4) is 0 Å². The van der Waals surface area contributed by atoms with Crippen molar-refractivity contribution in [1.82, 2.24) is 10.2 Å². The number of likely N-dealkylation sites (tertiary alicyclic amines) is 1. The average Bonchev–Trinajstić information content (AvgIpc) is 2.57. The van der Waals surface area contributed by atoms with Crippen molar-refractivity contribution in [2.75, 3.05) is 32.8 Å². The molecule has 1 atom stereocenters. The summed E-state index contributed by atoms with van der Waals surface area (Å²) in [5, 5.41) is 2.98. The molecule has 4 heteroatoms. The molecule has 0 unspecified atom stereocenters. The molecule has 0 bridgehead atoms. The largest absolute Gasteiger partial charge is 0.483 e. The van der Waals surface area contributed by atoms with Crippen LogP contribution in [-0.4, -0.2) is 43.6 Å². The number of ether oxygens (including phenoxy) is 1. The van der Waals surface area contributed by atoms with Gasteiger partial charge in [-0.2, -0.15) is 0 Å². The van der Waals surface area contributed by atoms with E-state index in [0.717, 1.165) is 42.3 Å². The van der Waals surface area contributed by atoms with E-state index in [-0.39, 0.29) is 12.5 Å². The molecule has 140 valence electrons. The zero-order valence-corrected chi connectivity index (χ0v) is 16.3. The van der Waals surface area contributed by atoms with Gasteiger partial charge < -0.3 is 15.0 Å². The van der Waals surface area contributed by atoms with E-state index >= 15 is 0 Å². The van der Waals surface area contributed by atoms with Crippen LogP contribution in [0.2, 0.25) is 0 Å². The highest BCUT2D eigenvalue weighted by molar-refractivity contribution is 5.77. The molecule has 1 heterocycles. The second kappa shape index (κ2) is 9.81. The summed E-state index contributed by atoms with van der Waals surface area (Å²) in [6.07, 6.45) is 3.65. The molecule has 1 amide bonds. The highest BCUT2D eigenvalue weighted by Gasteiger charge is 2.15. The van der Waals surface area contributed by atoms with Gasteiger partial charge in [0.25, 0.3) is 5.91 Å². The second-order valence-corrected chi connectivity index (χ2v) is 7.74. The smallest absolute Gasteiger partial charge is 0.257 e. The standard InChI is InChI=1S/C21H34N2O2/c1-16(2)19-9-8-17(3)13-20(19)25-15-21(24)22-10-6-12-23-11-5-7-18(4)14-23/h8-9,13,16,18H,5-7,10-12,14-15H2,1-4H3,(H,22,24)/t18-/m1/s1. The topological polar surface area (TPSA) is 41.6 Å². The fourth-order valence-electron chi connectivity index (χ4n) is 3.46. The number of piperidine rings is 1. The maximum Gasteiger partial charge on any atom is 0.257 e. The van der Waals surface area contributed by atoms with Crippen molar-refractivity contribution in [1.29, 1.82) is 0 Å². The number of hydrogen-bond acceptors (Lipinski definition) is 3. The van der Waals surface area contributed by atoms with Gasteiger partial charge in [0.2, 0.25) is 0 Å². The highest BCUT2D eigenvalue weighted by Crippen LogP contribution is 2.27. The third kappa shape index (κ3) is 6.69. The molecule has 0 radical (unpaired) electrons. The molecule has 1 N–H and O–H groups in total. The summed E-state index contributed by atoms with van der Waals surface area (Å²) in [6.45, 7) is 12.9. The van der Waals surface area contributed by atoms with Gasteiger partial charge in [-0.05, 0) is 68.3 Å². The quantitative estimate of drug-likeness (QED) is 0.729. The Hall–Kier alpha value is -1.55. The van der Waals surface area contributed by atoms with Gasteiger partial charge in [-0.15, -0.1) is 0 Å². The molecule has 1 saturated heterocycles. The molecule has 4 nitrogen and oxygen atoms in total. The minimum atomic E-state index is -0.0387. The van der Waals surface area contributed by atoms with Crippen molar-refractivity contribution in [3.05, 3.63) is 29.3 Å². The Balaban J connectivity index is 1.68. The van der Waals surface area contributed by atoms with Crippen LogP contribution in [0.5, 0.6) is 5.75 Å². The molecule has 0 spiro atoms. The molecular formula is C21H34N2O2. The molecule has 2 rings (SSSR count). The Bertz CT molecular complexity index is 557. The van der Waals surface area contributed by atoms with E-state index in [0.29, 0.717) is 5.92 Å². The second-order valence-electron chi connectivity index (χ2n) is 7.74. The first-order valence-corrected chi connectivity index (χ1v) is 9.68. The lowest BCUT2D eigenvalue weighted by Gasteiger charge is -2.30. The number of rotatable bonds is 8. The lowest BCUT2D eigenvalue weighted by atomic mass is 10.0. The first-order valence-electron chi connectivity index (χ1n) is 9.68. The molecule has 1 aromatic rings. The van der Waals surface area contributed by atoms with Crippen LogP contribution in [0.25, 0.3) is 0 Å². The summed E-state index contributed by atoms with van der Waals surface area (Å²) in [5.74, 6) is 1.97. The maximum atomic E-state index is 12.0. The summed E-state index contributed by atoms with van der Waals surface area (Å²) in [4.78, 5) is 14.5. The number of carbonyl (C=O) groups excluding carboxylic acids is 1. The minimum absolute atomic E-state index is 0.0387. The van der Waals surface area contributed by atoms with Crippen LogP contribution in [0.4, 0.5) is 0 Å². The first kappa shape index (κ1) is 19.8. The summed E-state index contributed by atoms with van der Waals surface area (Å²) in [6, 6.07) is 6.19. The van der Waals surface area contributed by atoms with Crippen molar-refractivity contribution >= 4 is 5.91 Å². The predicted molar refractivity (Wildman–Crippen MR) is 103 cm³/mol. The van der Waals surface area contributed by atoms with Gasteiger partial charge in [0.15, 0.2) is 6.61 Å². The lowest BCUT2D eigenvalue weighted by molar-refractivity contribution is -0.123. The van der Waals surface area contributed by atoms with Gasteiger partial charge in [0, 0.05) is 13.1 Å². The van der Waals surface area contributed by atoms with E-state index in [2.05, 4.69) is 43.1 Å². The Morgan fingerprint density at radius 3 is 2.92 bits per heavy atom. The van der Waals surface area contributed by atoms with Gasteiger partial charge in [0.05, 0.1) is 0 Å². The van der Waals surface area contributed by atoms with E-state index in [1.54, 1.807) is 0 Å². The van der Waals surface area contributed by atoms with E-state index < -0.39 is 0 Å². The molecule has 0 saturated carbocycles. The number of aryl methyl sites for hydroxylation is 1. The van der Waals surface area contributed by atoms with Gasteiger partial charge in [-0.3, -0.25) is 4.79 Å². The number of carbonyl (C=O) groups is 1. The van der Waals surface area contributed by atoms with Crippen molar-refractivity contribution in [3.8, 4) is 5.75 Å². The van der Waals surface area contributed by atoms with Crippen LogP contribution in [0.1, 0.15) is 57.1 Å². The van der Waals surface area contributed by atoms with Crippen molar-refractivity contribution < 1.29 is 9.53 Å². The van der Waals surface area contributed by atoms with E-state index in [1.165, 1.54) is 25.9 Å². The molecule has 1 aromatic carbocycles. The number of nitrogens with zero attached hydrogens (tertiary/aromatic N) is 1. The number of hydrogen-bond donors (Lipinski definition) is 1. The van der Waals surface area contributed by atoms with Crippen LogP contribution < -0.4 is 10.1 Å². The summed E-state index contributed by atoms with van der Waals surface area (Å²) >= 11 is 0. The summed E-state index contributed by atoms with van der Waals surface area (Å²) < 4.78 is 5.78. The number of amides is 1. The van der Waals surface area contributed by atoms with Crippen LogP contribution >= 0.6 is 0 Å². The molecule has 25 heavy (non-hydrogen) atoms. The summed E-state index contributed by atoms with van der Waals surface area (Å²) in [5.41, 5.74) is 2.30. The minimum Gasteiger partial charge on any atom is -0.483 e. The zero-order chi connectivity index (χ0) is 18.2. The molecular weight excluding hydrogens is 312 g/mol. The van der Waals surface area contributed by atoms with Gasteiger partial charge in [0.1, 0.15) is 5.75 Å². The Morgan fingerprint density at radius 1 is 1.40 bits per heavy atom. The van der Waals surface area contributed by atoms with Gasteiger partial charge in [-0.1, -0.05) is 32.9 Å². The Kier molecular flexibility index (Phi) is 7.76. The first-order chi connectivity index (χ1) is 12.0. The third-order valence-corrected chi connectivity index (χ3v) is 4.86. The van der Waals surface area contributed by atoms with Crippen molar-refractivity contribution in [2.45, 2.75) is 52.9 Å². The van der Waals surface area contributed by atoms with Gasteiger partial charge >= 0.3 is 0 Å². The van der Waals surface area contributed by atoms with Crippen LogP contribution in [0.15, 0.2) is 18.2 Å². The van der Waals surface area contributed by atoms with E-state index in [9.17, 15) is 4.79 Å². The SMILES string of the molecule is Cc1ccc(C(C)C)c(OCC(=O)NCCCN2CCC[C@@H](C)C2)c1. The van der Waals surface area contributed by atoms with E-state index in [1.807, 2.05) is 13.0 Å². The molecule has 1 aliphatic rings. The van der Waals surface area contributed by atoms with Crippen LogP contribution in [0, 0.1) is 12.8 Å².